The minimum absolute atomic E-state index is 0.447. The van der Waals surface area contributed by atoms with Crippen molar-refractivity contribution in [3.8, 4) is 0 Å². The van der Waals surface area contributed by atoms with Gasteiger partial charge in [0.05, 0.1) is 13.2 Å². The number of guanidine groups is 1. The van der Waals surface area contributed by atoms with Crippen LogP contribution in [0.1, 0.15) is 20.3 Å². The second-order valence-corrected chi connectivity index (χ2v) is 3.73. The van der Waals surface area contributed by atoms with Gasteiger partial charge < -0.3 is 15.8 Å². The highest BCUT2D eigenvalue weighted by Gasteiger charge is 1.93. The quantitative estimate of drug-likeness (QED) is 0.275. The van der Waals surface area contributed by atoms with Gasteiger partial charge in [-0.1, -0.05) is 19.9 Å². The molecule has 0 saturated carbocycles. The lowest BCUT2D eigenvalue weighted by molar-refractivity contribution is 0.130. The van der Waals surface area contributed by atoms with E-state index in [0.717, 1.165) is 13.0 Å². The normalized spacial score (nSPS) is 11.8. The van der Waals surface area contributed by atoms with Crippen molar-refractivity contribution in [3.63, 3.8) is 0 Å². The van der Waals surface area contributed by atoms with Crippen molar-refractivity contribution in [2.45, 2.75) is 20.3 Å². The molecule has 4 nitrogen and oxygen atoms in total. The number of hydrogen-bond donors (Lipinski definition) is 2. The number of nitrogens with zero attached hydrogens (tertiary/aromatic N) is 1. The molecule has 88 valence electrons. The highest BCUT2D eigenvalue weighted by molar-refractivity contribution is 5.77. The summed E-state index contributed by atoms with van der Waals surface area (Å²) >= 11 is 0. The van der Waals surface area contributed by atoms with Gasteiger partial charge in [0.15, 0.2) is 5.96 Å². The number of rotatable bonds is 8. The second kappa shape index (κ2) is 9.52. The Labute approximate surface area is 92.6 Å². The molecular formula is C11H23N3O. The summed E-state index contributed by atoms with van der Waals surface area (Å²) in [6, 6.07) is 0. The van der Waals surface area contributed by atoms with Gasteiger partial charge in [-0.3, -0.25) is 4.99 Å². The average molecular weight is 213 g/mol. The van der Waals surface area contributed by atoms with E-state index in [-0.39, 0.29) is 0 Å². The van der Waals surface area contributed by atoms with Gasteiger partial charge >= 0.3 is 0 Å². The maximum absolute atomic E-state index is 5.56. The zero-order chi connectivity index (χ0) is 11.5. The molecular weight excluding hydrogens is 190 g/mol. The summed E-state index contributed by atoms with van der Waals surface area (Å²) in [5, 5.41) is 2.90. The fraction of sp³-hybridized carbons (Fsp3) is 0.727. The maximum Gasteiger partial charge on any atom is 0.188 e. The number of nitrogens with two attached hydrogens (primary N) is 1. The first-order chi connectivity index (χ1) is 7.16. The van der Waals surface area contributed by atoms with Gasteiger partial charge in [-0.25, -0.2) is 0 Å². The smallest absolute Gasteiger partial charge is 0.188 e. The molecule has 0 aliphatic rings. The molecule has 0 radical (unpaired) electrons. The van der Waals surface area contributed by atoms with E-state index in [9.17, 15) is 0 Å². The Morgan fingerprint density at radius 2 is 2.27 bits per heavy atom. The Morgan fingerprint density at radius 1 is 1.53 bits per heavy atom. The van der Waals surface area contributed by atoms with Gasteiger partial charge in [0.1, 0.15) is 0 Å². The maximum atomic E-state index is 5.56. The third-order valence-corrected chi connectivity index (χ3v) is 1.78. The summed E-state index contributed by atoms with van der Waals surface area (Å²) in [7, 11) is 0. The van der Waals surface area contributed by atoms with E-state index < -0.39 is 0 Å². The van der Waals surface area contributed by atoms with Crippen molar-refractivity contribution in [3.05, 3.63) is 12.7 Å². The summed E-state index contributed by atoms with van der Waals surface area (Å²) in [5.41, 5.74) is 5.56. The van der Waals surface area contributed by atoms with Crippen LogP contribution < -0.4 is 11.1 Å². The lowest BCUT2D eigenvalue weighted by Crippen LogP contribution is -2.32. The van der Waals surface area contributed by atoms with Crippen LogP contribution in [-0.2, 0) is 4.74 Å². The molecule has 0 fully saturated rings. The van der Waals surface area contributed by atoms with Crippen LogP contribution in [0.2, 0.25) is 0 Å². The van der Waals surface area contributed by atoms with Crippen LogP contribution in [-0.4, -0.2) is 32.3 Å². The molecule has 0 bridgehead atoms. The number of nitrogens with one attached hydrogen (secondary N) is 1. The van der Waals surface area contributed by atoms with Crippen molar-refractivity contribution >= 4 is 5.96 Å². The second-order valence-electron chi connectivity index (χ2n) is 3.73. The van der Waals surface area contributed by atoms with E-state index in [0.29, 0.717) is 31.6 Å². The summed E-state index contributed by atoms with van der Waals surface area (Å²) in [6.45, 7) is 10.6. The minimum Gasteiger partial charge on any atom is -0.380 e. The minimum atomic E-state index is 0.447. The summed E-state index contributed by atoms with van der Waals surface area (Å²) in [6.07, 6.45) is 2.83. The Kier molecular flexibility index (Phi) is 8.87. The van der Waals surface area contributed by atoms with Crippen LogP contribution in [0.5, 0.6) is 0 Å². The van der Waals surface area contributed by atoms with Crippen molar-refractivity contribution in [2.24, 2.45) is 16.6 Å². The molecule has 4 heteroatoms. The molecule has 0 aromatic rings. The van der Waals surface area contributed by atoms with Gasteiger partial charge in [0.2, 0.25) is 0 Å². The summed E-state index contributed by atoms with van der Waals surface area (Å²) < 4.78 is 5.39. The van der Waals surface area contributed by atoms with E-state index >= 15 is 0 Å². The predicted molar refractivity (Wildman–Crippen MR) is 65.0 cm³/mol. The summed E-state index contributed by atoms with van der Waals surface area (Å²) in [5.74, 6) is 1.13. The molecule has 0 spiro atoms. The molecule has 0 aromatic carbocycles. The molecule has 0 aliphatic carbocycles. The first-order valence-corrected chi connectivity index (χ1v) is 5.39. The monoisotopic (exact) mass is 213 g/mol. The largest absolute Gasteiger partial charge is 0.380 e. The standard InChI is InChI=1S/C11H23N3O/c1-4-6-13-11(12)14-7-9-15-8-5-10(2)3/h4,10H,1,5-9H2,2-3H3,(H3,12,13,14). The van der Waals surface area contributed by atoms with Crippen LogP contribution in [0.3, 0.4) is 0 Å². The molecule has 0 saturated heterocycles. The van der Waals surface area contributed by atoms with Crippen molar-refractivity contribution in [2.75, 3.05) is 26.3 Å². The Morgan fingerprint density at radius 3 is 2.87 bits per heavy atom. The topological polar surface area (TPSA) is 59.6 Å². The highest BCUT2D eigenvalue weighted by atomic mass is 16.5. The molecule has 0 rings (SSSR count). The molecule has 3 N–H and O–H groups in total. The van der Waals surface area contributed by atoms with Crippen LogP contribution in [0, 0.1) is 5.92 Å². The van der Waals surface area contributed by atoms with Crippen molar-refractivity contribution < 1.29 is 4.74 Å². The van der Waals surface area contributed by atoms with E-state index in [1.165, 1.54) is 0 Å². The van der Waals surface area contributed by atoms with Gasteiger partial charge in [-0.05, 0) is 12.3 Å². The fourth-order valence-corrected chi connectivity index (χ4v) is 0.884. The van der Waals surface area contributed by atoms with Crippen LogP contribution in [0.4, 0.5) is 0 Å². The molecule has 15 heavy (non-hydrogen) atoms. The lowest BCUT2D eigenvalue weighted by atomic mass is 10.1. The van der Waals surface area contributed by atoms with E-state index in [1.807, 2.05) is 0 Å². The first-order valence-electron chi connectivity index (χ1n) is 5.39. The van der Waals surface area contributed by atoms with E-state index in [1.54, 1.807) is 6.08 Å². The molecule has 0 unspecified atom stereocenters. The predicted octanol–water partition coefficient (Wildman–Crippen LogP) is 1.14. The average Bonchev–Trinajstić information content (AvgIpc) is 2.19. The number of aliphatic imine (C=N–C) groups is 1. The van der Waals surface area contributed by atoms with E-state index in [2.05, 4.69) is 30.7 Å². The third-order valence-electron chi connectivity index (χ3n) is 1.78. The highest BCUT2D eigenvalue weighted by Crippen LogP contribution is 1.98. The fourth-order valence-electron chi connectivity index (χ4n) is 0.884. The Bertz CT molecular complexity index is 190. The molecule has 0 amide bonds. The SMILES string of the molecule is C=CCNC(N)=NCCOCCC(C)C. The Balaban J connectivity index is 3.31. The van der Waals surface area contributed by atoms with E-state index in [4.69, 9.17) is 10.5 Å². The number of hydrogen-bond acceptors (Lipinski definition) is 2. The molecule has 0 aliphatic heterocycles. The number of ether oxygens (including phenoxy) is 1. The molecule has 0 heterocycles. The van der Waals surface area contributed by atoms with Gasteiger partial charge in [-0.15, -0.1) is 6.58 Å². The van der Waals surface area contributed by atoms with Crippen LogP contribution >= 0.6 is 0 Å². The van der Waals surface area contributed by atoms with Crippen molar-refractivity contribution in [1.82, 2.24) is 5.32 Å². The lowest BCUT2D eigenvalue weighted by Gasteiger charge is -2.05. The van der Waals surface area contributed by atoms with Crippen molar-refractivity contribution in [1.29, 1.82) is 0 Å². The zero-order valence-electron chi connectivity index (χ0n) is 9.83. The Hall–Kier alpha value is -1.03. The third kappa shape index (κ3) is 10.9. The van der Waals surface area contributed by atoms with Gasteiger partial charge in [0, 0.05) is 13.2 Å². The molecule has 0 aromatic heterocycles. The summed E-state index contributed by atoms with van der Waals surface area (Å²) in [4.78, 5) is 4.09. The van der Waals surface area contributed by atoms with Gasteiger partial charge in [0.25, 0.3) is 0 Å². The van der Waals surface area contributed by atoms with Crippen LogP contribution in [0.25, 0.3) is 0 Å². The molecule has 0 atom stereocenters. The van der Waals surface area contributed by atoms with Crippen LogP contribution in [0.15, 0.2) is 17.6 Å². The van der Waals surface area contributed by atoms with Gasteiger partial charge in [-0.2, -0.15) is 0 Å². The zero-order valence-corrected chi connectivity index (χ0v) is 9.83. The first kappa shape index (κ1) is 14.0.